The highest BCUT2D eigenvalue weighted by molar-refractivity contribution is 9.10. The number of carbonyl (C=O) groups is 2. The van der Waals surface area contributed by atoms with Crippen LogP contribution in [-0.2, 0) is 0 Å². The highest BCUT2D eigenvalue weighted by Crippen LogP contribution is 2.31. The van der Waals surface area contributed by atoms with E-state index in [-0.39, 0.29) is 21.3 Å². The van der Waals surface area contributed by atoms with Gasteiger partial charge in [0.2, 0.25) is 0 Å². The van der Waals surface area contributed by atoms with E-state index in [1.807, 2.05) is 0 Å². The number of rotatable bonds is 5. The van der Waals surface area contributed by atoms with Gasteiger partial charge in [0, 0.05) is 20.7 Å². The van der Waals surface area contributed by atoms with Crippen molar-refractivity contribution in [2.75, 3.05) is 17.7 Å². The van der Waals surface area contributed by atoms with Crippen molar-refractivity contribution in [3.63, 3.8) is 0 Å². The van der Waals surface area contributed by atoms with Gasteiger partial charge in [0.1, 0.15) is 5.75 Å². The van der Waals surface area contributed by atoms with Crippen molar-refractivity contribution in [3.05, 3.63) is 86.3 Å². The fourth-order valence-electron chi connectivity index (χ4n) is 2.54. The van der Waals surface area contributed by atoms with Crippen LogP contribution in [0.3, 0.4) is 0 Å². The first-order valence-corrected chi connectivity index (χ1v) is 9.93. The first-order valence-electron chi connectivity index (χ1n) is 8.39. The number of carbonyl (C=O) groups excluding carboxylic acids is 2. The van der Waals surface area contributed by atoms with E-state index in [0.29, 0.717) is 17.0 Å². The third-order valence-corrected chi connectivity index (χ3v) is 5.04. The molecule has 0 fully saturated rings. The number of ether oxygens (including phenoxy) is 1. The molecule has 3 aromatic carbocycles. The Bertz CT molecular complexity index is 1050. The molecular formula is C21H15BrCl2N2O3. The molecule has 0 spiro atoms. The lowest BCUT2D eigenvalue weighted by atomic mass is 10.1. The van der Waals surface area contributed by atoms with Crippen molar-refractivity contribution in [3.8, 4) is 5.75 Å². The van der Waals surface area contributed by atoms with Crippen LogP contribution in [-0.4, -0.2) is 18.9 Å². The summed E-state index contributed by atoms with van der Waals surface area (Å²) in [6.45, 7) is 0. The SMILES string of the molecule is COc1ccc(C(=O)Nc2c(Cl)cc(Cl)cc2C(=O)Nc2ccc(Br)cc2)cc1. The molecule has 2 N–H and O–H groups in total. The molecule has 148 valence electrons. The molecule has 29 heavy (non-hydrogen) atoms. The maximum atomic E-state index is 12.8. The van der Waals surface area contributed by atoms with Crippen molar-refractivity contribution in [2.45, 2.75) is 0 Å². The minimum absolute atomic E-state index is 0.146. The summed E-state index contributed by atoms with van der Waals surface area (Å²) in [5, 5.41) is 5.89. The van der Waals surface area contributed by atoms with Gasteiger partial charge in [-0.15, -0.1) is 0 Å². The predicted octanol–water partition coefficient (Wildman–Crippen LogP) is 6.27. The number of halogens is 3. The Kier molecular flexibility index (Phi) is 6.79. The second-order valence-corrected chi connectivity index (χ2v) is 7.71. The molecule has 3 aromatic rings. The van der Waals surface area contributed by atoms with Gasteiger partial charge in [0.15, 0.2) is 0 Å². The number of methoxy groups -OCH3 is 1. The summed E-state index contributed by atoms with van der Waals surface area (Å²) in [6.07, 6.45) is 0. The van der Waals surface area contributed by atoms with Gasteiger partial charge in [0.05, 0.1) is 23.4 Å². The standard InChI is InChI=1S/C21H15BrCl2N2O3/c1-29-16-8-2-12(3-9-16)20(27)26-19-17(10-14(23)11-18(19)24)21(28)25-15-6-4-13(22)5-7-15/h2-11H,1H3,(H,25,28)(H,26,27). The minimum atomic E-state index is -0.457. The lowest BCUT2D eigenvalue weighted by molar-refractivity contribution is 0.102. The summed E-state index contributed by atoms with van der Waals surface area (Å²) in [5.41, 5.74) is 1.29. The lowest BCUT2D eigenvalue weighted by Gasteiger charge is -2.14. The Hall–Kier alpha value is -2.54. The molecule has 0 aliphatic heterocycles. The van der Waals surface area contributed by atoms with Crippen LogP contribution in [0.15, 0.2) is 65.1 Å². The highest BCUT2D eigenvalue weighted by Gasteiger charge is 2.19. The maximum absolute atomic E-state index is 12.8. The van der Waals surface area contributed by atoms with Crippen molar-refractivity contribution in [1.82, 2.24) is 0 Å². The summed E-state index contributed by atoms with van der Waals surface area (Å²) < 4.78 is 5.97. The van der Waals surface area contributed by atoms with Gasteiger partial charge >= 0.3 is 0 Å². The molecule has 0 aromatic heterocycles. The Balaban J connectivity index is 1.88. The molecule has 0 radical (unpaired) electrons. The fourth-order valence-corrected chi connectivity index (χ4v) is 3.34. The molecule has 0 aliphatic carbocycles. The maximum Gasteiger partial charge on any atom is 0.257 e. The van der Waals surface area contributed by atoms with Crippen LogP contribution in [0.5, 0.6) is 5.75 Å². The molecule has 3 rings (SSSR count). The van der Waals surface area contributed by atoms with Gasteiger partial charge in [0.25, 0.3) is 11.8 Å². The largest absolute Gasteiger partial charge is 0.497 e. The Morgan fingerprint density at radius 2 is 1.55 bits per heavy atom. The monoisotopic (exact) mass is 492 g/mol. The quantitative estimate of drug-likeness (QED) is 0.440. The van der Waals surface area contributed by atoms with Crippen LogP contribution in [0.1, 0.15) is 20.7 Å². The number of hydrogen-bond acceptors (Lipinski definition) is 3. The average Bonchev–Trinajstić information content (AvgIpc) is 2.71. The summed E-state index contributed by atoms with van der Waals surface area (Å²) >= 11 is 15.7. The first kappa shape index (κ1) is 21.2. The van der Waals surface area contributed by atoms with E-state index in [2.05, 4.69) is 26.6 Å². The Morgan fingerprint density at radius 3 is 2.17 bits per heavy atom. The summed E-state index contributed by atoms with van der Waals surface area (Å²) in [5.74, 6) is -0.253. The second-order valence-electron chi connectivity index (χ2n) is 5.95. The summed E-state index contributed by atoms with van der Waals surface area (Å²) in [6, 6.07) is 16.5. The number of anilines is 2. The summed E-state index contributed by atoms with van der Waals surface area (Å²) in [4.78, 5) is 25.5. The van der Waals surface area contributed by atoms with E-state index < -0.39 is 11.8 Å². The van der Waals surface area contributed by atoms with Gasteiger partial charge in [-0.05, 0) is 60.7 Å². The fraction of sp³-hybridized carbons (Fsp3) is 0.0476. The Morgan fingerprint density at radius 1 is 0.897 bits per heavy atom. The first-order chi connectivity index (χ1) is 13.9. The highest BCUT2D eigenvalue weighted by atomic mass is 79.9. The number of hydrogen-bond donors (Lipinski definition) is 2. The normalized spacial score (nSPS) is 10.3. The number of amides is 2. The van der Waals surface area contributed by atoms with E-state index in [0.717, 1.165) is 4.47 Å². The molecule has 5 nitrogen and oxygen atoms in total. The van der Waals surface area contributed by atoms with E-state index in [4.69, 9.17) is 27.9 Å². The van der Waals surface area contributed by atoms with E-state index in [1.54, 1.807) is 55.6 Å². The topological polar surface area (TPSA) is 67.4 Å². The second kappa shape index (κ2) is 9.31. The van der Waals surface area contributed by atoms with Gasteiger partial charge in [-0.25, -0.2) is 0 Å². The zero-order valence-corrected chi connectivity index (χ0v) is 18.2. The van der Waals surface area contributed by atoms with Crippen molar-refractivity contribution in [2.24, 2.45) is 0 Å². The van der Waals surface area contributed by atoms with Crippen LogP contribution >= 0.6 is 39.1 Å². The molecule has 0 atom stereocenters. The predicted molar refractivity (Wildman–Crippen MR) is 120 cm³/mol. The number of benzene rings is 3. The van der Waals surface area contributed by atoms with Gasteiger partial charge in [-0.1, -0.05) is 39.1 Å². The lowest BCUT2D eigenvalue weighted by Crippen LogP contribution is -2.18. The third kappa shape index (κ3) is 5.29. The zero-order chi connectivity index (χ0) is 21.0. The summed E-state index contributed by atoms with van der Waals surface area (Å²) in [7, 11) is 1.54. The molecule has 0 unspecified atom stereocenters. The Labute approximate surface area is 186 Å². The number of nitrogens with one attached hydrogen (secondary N) is 2. The van der Waals surface area contributed by atoms with Crippen LogP contribution in [0.25, 0.3) is 0 Å². The van der Waals surface area contributed by atoms with Crippen molar-refractivity contribution < 1.29 is 14.3 Å². The van der Waals surface area contributed by atoms with Crippen LogP contribution in [0, 0.1) is 0 Å². The molecular weight excluding hydrogens is 479 g/mol. The average molecular weight is 494 g/mol. The molecule has 0 saturated carbocycles. The van der Waals surface area contributed by atoms with Gasteiger partial charge in [-0.3, -0.25) is 9.59 Å². The van der Waals surface area contributed by atoms with Gasteiger partial charge in [-0.2, -0.15) is 0 Å². The van der Waals surface area contributed by atoms with Crippen LogP contribution in [0.4, 0.5) is 11.4 Å². The van der Waals surface area contributed by atoms with Crippen LogP contribution < -0.4 is 15.4 Å². The van der Waals surface area contributed by atoms with Crippen molar-refractivity contribution in [1.29, 1.82) is 0 Å². The molecule has 0 saturated heterocycles. The van der Waals surface area contributed by atoms with Crippen LogP contribution in [0.2, 0.25) is 10.0 Å². The van der Waals surface area contributed by atoms with E-state index in [1.165, 1.54) is 12.1 Å². The minimum Gasteiger partial charge on any atom is -0.497 e. The smallest absolute Gasteiger partial charge is 0.257 e. The molecule has 0 aliphatic rings. The van der Waals surface area contributed by atoms with Crippen molar-refractivity contribution >= 4 is 62.3 Å². The third-order valence-electron chi connectivity index (χ3n) is 3.99. The van der Waals surface area contributed by atoms with E-state index in [9.17, 15) is 9.59 Å². The molecule has 2 amide bonds. The zero-order valence-electron chi connectivity index (χ0n) is 15.1. The van der Waals surface area contributed by atoms with E-state index >= 15 is 0 Å². The molecule has 0 heterocycles. The molecule has 0 bridgehead atoms. The van der Waals surface area contributed by atoms with Gasteiger partial charge < -0.3 is 15.4 Å². The molecule has 8 heteroatoms.